The van der Waals surface area contributed by atoms with Gasteiger partial charge < -0.3 is 5.32 Å². The Bertz CT molecular complexity index is 252. The first-order valence-electron chi connectivity index (χ1n) is 3.60. The molecule has 0 aromatic carbocycles. The molecule has 1 atom stereocenters. The molecule has 0 aliphatic carbocycles. The number of anilines is 1. The summed E-state index contributed by atoms with van der Waals surface area (Å²) in [5.41, 5.74) is 0. The minimum atomic E-state index is -0.750. The SMILES string of the molecule is CS(=O)CCNc1cccnn1. The second-order valence-electron chi connectivity index (χ2n) is 2.31. The predicted octanol–water partition coefficient (Wildman–Crippen LogP) is 0.267. The predicted molar refractivity (Wildman–Crippen MR) is 49.5 cm³/mol. The lowest BCUT2D eigenvalue weighted by Crippen LogP contribution is -2.10. The summed E-state index contributed by atoms with van der Waals surface area (Å²) in [4.78, 5) is 0. The first kappa shape index (κ1) is 9.12. The highest BCUT2D eigenvalue weighted by molar-refractivity contribution is 7.84. The van der Waals surface area contributed by atoms with Gasteiger partial charge in [-0.05, 0) is 12.1 Å². The molecule has 0 fully saturated rings. The molecule has 0 aliphatic rings. The average molecular weight is 185 g/mol. The summed E-state index contributed by atoms with van der Waals surface area (Å²) in [6.45, 7) is 0.668. The van der Waals surface area contributed by atoms with E-state index in [1.54, 1.807) is 18.5 Å². The van der Waals surface area contributed by atoms with Crippen molar-refractivity contribution < 1.29 is 4.21 Å². The van der Waals surface area contributed by atoms with Gasteiger partial charge in [-0.2, -0.15) is 5.10 Å². The maximum atomic E-state index is 10.7. The molecule has 1 unspecified atom stereocenters. The number of hydrogen-bond acceptors (Lipinski definition) is 4. The molecule has 0 radical (unpaired) electrons. The molecule has 0 saturated heterocycles. The second kappa shape index (κ2) is 4.82. The highest BCUT2D eigenvalue weighted by Gasteiger charge is 1.92. The van der Waals surface area contributed by atoms with Gasteiger partial charge in [0.15, 0.2) is 0 Å². The molecule has 0 saturated carbocycles. The largest absolute Gasteiger partial charge is 0.368 e. The lowest BCUT2D eigenvalue weighted by Gasteiger charge is -2.01. The number of nitrogens with one attached hydrogen (secondary N) is 1. The maximum absolute atomic E-state index is 10.7. The summed E-state index contributed by atoms with van der Waals surface area (Å²) in [5, 5.41) is 10.5. The van der Waals surface area contributed by atoms with Crippen LogP contribution in [0.15, 0.2) is 18.3 Å². The van der Waals surface area contributed by atoms with Gasteiger partial charge in [0.25, 0.3) is 0 Å². The fourth-order valence-electron chi connectivity index (χ4n) is 0.719. The maximum Gasteiger partial charge on any atom is 0.148 e. The van der Waals surface area contributed by atoms with Crippen LogP contribution in [0.4, 0.5) is 5.82 Å². The molecule has 5 heteroatoms. The first-order chi connectivity index (χ1) is 5.79. The van der Waals surface area contributed by atoms with Crippen LogP contribution in [0.3, 0.4) is 0 Å². The van der Waals surface area contributed by atoms with Gasteiger partial charge in [-0.3, -0.25) is 4.21 Å². The van der Waals surface area contributed by atoms with Crippen molar-refractivity contribution in [2.45, 2.75) is 0 Å². The highest BCUT2D eigenvalue weighted by Crippen LogP contribution is 1.96. The van der Waals surface area contributed by atoms with Crippen molar-refractivity contribution in [2.75, 3.05) is 23.9 Å². The van der Waals surface area contributed by atoms with Gasteiger partial charge in [0.2, 0.25) is 0 Å². The summed E-state index contributed by atoms with van der Waals surface area (Å²) >= 11 is 0. The van der Waals surface area contributed by atoms with E-state index in [1.165, 1.54) is 0 Å². The topological polar surface area (TPSA) is 54.9 Å². The van der Waals surface area contributed by atoms with E-state index in [2.05, 4.69) is 15.5 Å². The normalized spacial score (nSPS) is 12.4. The quantitative estimate of drug-likeness (QED) is 0.731. The zero-order valence-electron chi connectivity index (χ0n) is 6.86. The molecule has 1 N–H and O–H groups in total. The molecule has 1 aromatic heterocycles. The molecule has 0 aliphatic heterocycles. The Morgan fingerprint density at radius 2 is 2.50 bits per heavy atom. The van der Waals surface area contributed by atoms with Gasteiger partial charge in [0, 0.05) is 35.5 Å². The summed E-state index contributed by atoms with van der Waals surface area (Å²) in [7, 11) is -0.750. The van der Waals surface area contributed by atoms with E-state index in [0.29, 0.717) is 12.3 Å². The van der Waals surface area contributed by atoms with Gasteiger partial charge in [-0.25, -0.2) is 0 Å². The van der Waals surface area contributed by atoms with E-state index in [9.17, 15) is 4.21 Å². The van der Waals surface area contributed by atoms with Crippen molar-refractivity contribution in [1.29, 1.82) is 0 Å². The Morgan fingerprint density at radius 1 is 1.67 bits per heavy atom. The Kier molecular flexibility index (Phi) is 3.66. The van der Waals surface area contributed by atoms with Crippen LogP contribution in [0.2, 0.25) is 0 Å². The van der Waals surface area contributed by atoms with Crippen LogP contribution in [0, 0.1) is 0 Å². The molecule has 1 rings (SSSR count). The van der Waals surface area contributed by atoms with Crippen molar-refractivity contribution in [3.63, 3.8) is 0 Å². The number of aromatic nitrogens is 2. The third-order valence-electron chi connectivity index (χ3n) is 1.27. The van der Waals surface area contributed by atoms with Crippen LogP contribution in [0.1, 0.15) is 0 Å². The van der Waals surface area contributed by atoms with Crippen LogP contribution in [0.5, 0.6) is 0 Å². The van der Waals surface area contributed by atoms with Gasteiger partial charge in [-0.15, -0.1) is 5.10 Å². The summed E-state index contributed by atoms with van der Waals surface area (Å²) < 4.78 is 10.7. The summed E-state index contributed by atoms with van der Waals surface area (Å²) in [5.74, 6) is 1.36. The van der Waals surface area contributed by atoms with E-state index in [1.807, 2.05) is 6.07 Å². The Balaban J connectivity index is 2.29. The fraction of sp³-hybridized carbons (Fsp3) is 0.429. The lowest BCUT2D eigenvalue weighted by molar-refractivity contribution is 0.687. The molecule has 1 aromatic rings. The van der Waals surface area contributed by atoms with Crippen molar-refractivity contribution >= 4 is 16.6 Å². The van der Waals surface area contributed by atoms with Crippen LogP contribution in [0.25, 0.3) is 0 Å². The van der Waals surface area contributed by atoms with E-state index < -0.39 is 10.8 Å². The van der Waals surface area contributed by atoms with Crippen molar-refractivity contribution in [2.24, 2.45) is 0 Å². The van der Waals surface area contributed by atoms with E-state index >= 15 is 0 Å². The van der Waals surface area contributed by atoms with Crippen LogP contribution in [-0.4, -0.2) is 33.0 Å². The monoisotopic (exact) mass is 185 g/mol. The zero-order valence-corrected chi connectivity index (χ0v) is 7.67. The van der Waals surface area contributed by atoms with Crippen LogP contribution in [-0.2, 0) is 10.8 Å². The molecule has 66 valence electrons. The van der Waals surface area contributed by atoms with E-state index in [-0.39, 0.29) is 0 Å². The van der Waals surface area contributed by atoms with Gasteiger partial charge >= 0.3 is 0 Å². The molecule has 0 bridgehead atoms. The van der Waals surface area contributed by atoms with Crippen LogP contribution < -0.4 is 5.32 Å². The fourth-order valence-corrected chi connectivity index (χ4v) is 1.11. The second-order valence-corrected chi connectivity index (χ2v) is 3.87. The van der Waals surface area contributed by atoms with Gasteiger partial charge in [-0.1, -0.05) is 0 Å². The van der Waals surface area contributed by atoms with Gasteiger partial charge in [0.05, 0.1) is 0 Å². The lowest BCUT2D eigenvalue weighted by atomic mass is 10.5. The van der Waals surface area contributed by atoms with Crippen molar-refractivity contribution in [1.82, 2.24) is 10.2 Å². The number of hydrogen-bond donors (Lipinski definition) is 1. The minimum Gasteiger partial charge on any atom is -0.368 e. The average Bonchev–Trinajstić information content (AvgIpc) is 2.05. The first-order valence-corrected chi connectivity index (χ1v) is 5.33. The molecule has 0 amide bonds. The molecule has 0 spiro atoms. The molecule has 1 heterocycles. The van der Waals surface area contributed by atoms with Crippen LogP contribution >= 0.6 is 0 Å². The molecule has 12 heavy (non-hydrogen) atoms. The molecular weight excluding hydrogens is 174 g/mol. The van der Waals surface area contributed by atoms with E-state index in [0.717, 1.165) is 5.82 Å². The summed E-state index contributed by atoms with van der Waals surface area (Å²) in [6.07, 6.45) is 3.29. The number of nitrogens with zero attached hydrogens (tertiary/aromatic N) is 2. The summed E-state index contributed by atoms with van der Waals surface area (Å²) in [6, 6.07) is 3.63. The van der Waals surface area contributed by atoms with Crippen molar-refractivity contribution in [3.8, 4) is 0 Å². The smallest absolute Gasteiger partial charge is 0.148 e. The van der Waals surface area contributed by atoms with Gasteiger partial charge in [0.1, 0.15) is 5.82 Å². The number of rotatable bonds is 4. The molecular formula is C7H11N3OS. The van der Waals surface area contributed by atoms with E-state index in [4.69, 9.17) is 0 Å². The Hall–Kier alpha value is -0.970. The Morgan fingerprint density at radius 3 is 3.08 bits per heavy atom. The third kappa shape index (κ3) is 3.43. The highest BCUT2D eigenvalue weighted by atomic mass is 32.2. The zero-order chi connectivity index (χ0) is 8.81. The Labute approximate surface area is 73.9 Å². The standard InChI is InChI=1S/C7H11N3OS/c1-12(11)6-5-8-7-3-2-4-9-10-7/h2-4H,5-6H2,1H3,(H,8,10). The minimum absolute atomic E-state index is 0.635. The molecule has 4 nitrogen and oxygen atoms in total. The third-order valence-corrected chi connectivity index (χ3v) is 2.05. The van der Waals surface area contributed by atoms with Crippen molar-refractivity contribution in [3.05, 3.63) is 18.3 Å².